The van der Waals surface area contributed by atoms with Crippen molar-refractivity contribution in [1.29, 1.82) is 5.26 Å². The van der Waals surface area contributed by atoms with Gasteiger partial charge in [0.05, 0.1) is 23.2 Å². The van der Waals surface area contributed by atoms with Crippen LogP contribution in [-0.2, 0) is 6.54 Å². The number of aryl methyl sites for hydroxylation is 2. The van der Waals surface area contributed by atoms with E-state index in [2.05, 4.69) is 18.1 Å². The van der Waals surface area contributed by atoms with E-state index >= 15 is 0 Å². The van der Waals surface area contributed by atoms with Crippen molar-refractivity contribution in [2.45, 2.75) is 39.7 Å². The van der Waals surface area contributed by atoms with Crippen LogP contribution in [0.15, 0.2) is 6.20 Å². The molecule has 5 nitrogen and oxygen atoms in total. The van der Waals surface area contributed by atoms with Crippen LogP contribution in [0.25, 0.3) is 0 Å². The Bertz CT molecular complexity index is 500. The zero-order valence-corrected chi connectivity index (χ0v) is 11.6. The van der Waals surface area contributed by atoms with Crippen molar-refractivity contribution in [3.8, 4) is 6.07 Å². The molecule has 0 N–H and O–H groups in total. The molecule has 19 heavy (non-hydrogen) atoms. The number of hydrogen-bond donors (Lipinski definition) is 0. The topological polar surface area (TPSA) is 61.9 Å². The molecule has 0 spiro atoms. The molecule has 102 valence electrons. The molecule has 1 aliphatic heterocycles. The smallest absolute Gasteiger partial charge is 0.257 e. The summed E-state index contributed by atoms with van der Waals surface area (Å²) in [6.07, 6.45) is 4.63. The Hall–Kier alpha value is -1.83. The molecule has 2 heterocycles. The summed E-state index contributed by atoms with van der Waals surface area (Å²) >= 11 is 0. The second kappa shape index (κ2) is 5.87. The van der Waals surface area contributed by atoms with E-state index in [1.54, 1.807) is 4.90 Å². The summed E-state index contributed by atoms with van der Waals surface area (Å²) in [5, 5.41) is 13.3. The van der Waals surface area contributed by atoms with Gasteiger partial charge in [-0.2, -0.15) is 10.4 Å². The summed E-state index contributed by atoms with van der Waals surface area (Å²) in [6, 6.07) is 2.27. The first-order valence-electron chi connectivity index (χ1n) is 6.88. The summed E-state index contributed by atoms with van der Waals surface area (Å²) in [7, 11) is 0. The molecule has 1 saturated heterocycles. The Balaban J connectivity index is 2.13. The summed E-state index contributed by atoms with van der Waals surface area (Å²) in [5.74, 6) is -0.0107. The predicted octanol–water partition coefficient (Wildman–Crippen LogP) is 1.98. The van der Waals surface area contributed by atoms with Gasteiger partial charge in [0, 0.05) is 25.8 Å². The third-order valence-electron chi connectivity index (χ3n) is 3.52. The lowest BCUT2D eigenvalue weighted by atomic mass is 9.99. The Kier molecular flexibility index (Phi) is 4.20. The number of piperidine rings is 1. The van der Waals surface area contributed by atoms with Crippen molar-refractivity contribution in [2.24, 2.45) is 5.92 Å². The predicted molar refractivity (Wildman–Crippen MR) is 71.5 cm³/mol. The third kappa shape index (κ3) is 2.95. The molecule has 0 aliphatic carbocycles. The van der Waals surface area contributed by atoms with E-state index in [-0.39, 0.29) is 11.8 Å². The van der Waals surface area contributed by atoms with Gasteiger partial charge in [0.1, 0.15) is 0 Å². The Morgan fingerprint density at radius 3 is 3.11 bits per heavy atom. The van der Waals surface area contributed by atoms with Crippen LogP contribution in [0.2, 0.25) is 0 Å². The van der Waals surface area contributed by atoms with E-state index in [4.69, 9.17) is 5.26 Å². The minimum atomic E-state index is -0.0244. The molecule has 2 rings (SSSR count). The SMILES string of the molecule is CCCn1cc(C(=O)N2CCCC(C#N)C2)c(C)n1. The highest BCUT2D eigenvalue weighted by Crippen LogP contribution is 2.19. The van der Waals surface area contributed by atoms with Gasteiger partial charge in [-0.1, -0.05) is 6.92 Å². The third-order valence-corrected chi connectivity index (χ3v) is 3.52. The Morgan fingerprint density at radius 1 is 1.63 bits per heavy atom. The maximum Gasteiger partial charge on any atom is 0.257 e. The number of likely N-dealkylation sites (tertiary alicyclic amines) is 1. The summed E-state index contributed by atoms with van der Waals surface area (Å²) < 4.78 is 1.83. The molecule has 5 heteroatoms. The minimum absolute atomic E-state index is 0.0137. The van der Waals surface area contributed by atoms with Crippen molar-refractivity contribution in [3.63, 3.8) is 0 Å². The molecular weight excluding hydrogens is 240 g/mol. The van der Waals surface area contributed by atoms with Gasteiger partial charge in [-0.15, -0.1) is 0 Å². The van der Waals surface area contributed by atoms with E-state index in [9.17, 15) is 4.79 Å². The molecule has 0 aromatic carbocycles. The molecule has 0 radical (unpaired) electrons. The second-order valence-corrected chi connectivity index (χ2v) is 5.11. The molecule has 1 aliphatic rings. The van der Waals surface area contributed by atoms with Crippen molar-refractivity contribution in [1.82, 2.24) is 14.7 Å². The van der Waals surface area contributed by atoms with Gasteiger partial charge in [-0.05, 0) is 26.2 Å². The van der Waals surface area contributed by atoms with Gasteiger partial charge in [0.15, 0.2) is 0 Å². The van der Waals surface area contributed by atoms with E-state index < -0.39 is 0 Å². The molecule has 0 saturated carbocycles. The first-order valence-corrected chi connectivity index (χ1v) is 6.88. The summed E-state index contributed by atoms with van der Waals surface area (Å²) in [5.41, 5.74) is 1.45. The van der Waals surface area contributed by atoms with Crippen LogP contribution in [0.4, 0.5) is 0 Å². The molecule has 0 bridgehead atoms. The molecule has 1 unspecified atom stereocenters. The fourth-order valence-corrected chi connectivity index (χ4v) is 2.51. The normalized spacial score (nSPS) is 19.2. The lowest BCUT2D eigenvalue weighted by Gasteiger charge is -2.29. The van der Waals surface area contributed by atoms with Crippen LogP contribution in [0.1, 0.15) is 42.2 Å². The van der Waals surface area contributed by atoms with Crippen LogP contribution < -0.4 is 0 Å². The Labute approximate surface area is 113 Å². The zero-order valence-electron chi connectivity index (χ0n) is 11.6. The van der Waals surface area contributed by atoms with Gasteiger partial charge in [-0.25, -0.2) is 0 Å². The van der Waals surface area contributed by atoms with Crippen LogP contribution in [0.3, 0.4) is 0 Å². The zero-order chi connectivity index (χ0) is 13.8. The van der Waals surface area contributed by atoms with Gasteiger partial charge in [0.2, 0.25) is 0 Å². The molecular formula is C14H20N4O. The van der Waals surface area contributed by atoms with Crippen LogP contribution >= 0.6 is 0 Å². The summed E-state index contributed by atoms with van der Waals surface area (Å²) in [4.78, 5) is 14.3. The van der Waals surface area contributed by atoms with Crippen molar-refractivity contribution >= 4 is 5.91 Å². The quantitative estimate of drug-likeness (QED) is 0.834. The highest BCUT2D eigenvalue weighted by molar-refractivity contribution is 5.95. The first-order chi connectivity index (χ1) is 9.15. The number of nitrogens with zero attached hydrogens (tertiary/aromatic N) is 4. The number of aromatic nitrogens is 2. The number of amides is 1. The highest BCUT2D eigenvalue weighted by atomic mass is 16.2. The second-order valence-electron chi connectivity index (χ2n) is 5.11. The monoisotopic (exact) mass is 260 g/mol. The lowest BCUT2D eigenvalue weighted by molar-refractivity contribution is 0.0698. The average molecular weight is 260 g/mol. The standard InChI is InChI=1S/C14H20N4O/c1-3-6-18-10-13(11(2)16-18)14(19)17-7-4-5-12(8-15)9-17/h10,12H,3-7,9H2,1-2H3. The van der Waals surface area contributed by atoms with Crippen LogP contribution in [-0.4, -0.2) is 33.7 Å². The van der Waals surface area contributed by atoms with E-state index in [0.29, 0.717) is 12.1 Å². The summed E-state index contributed by atoms with van der Waals surface area (Å²) in [6.45, 7) is 6.07. The van der Waals surface area contributed by atoms with Gasteiger partial charge in [-0.3, -0.25) is 9.48 Å². The van der Waals surface area contributed by atoms with Crippen molar-refractivity contribution in [2.75, 3.05) is 13.1 Å². The maximum atomic E-state index is 12.5. The fourth-order valence-electron chi connectivity index (χ4n) is 2.51. The number of nitriles is 1. The average Bonchev–Trinajstić information content (AvgIpc) is 2.79. The molecule has 1 aromatic heterocycles. The van der Waals surface area contributed by atoms with Gasteiger partial charge in [0.25, 0.3) is 5.91 Å². The van der Waals surface area contributed by atoms with E-state index in [1.165, 1.54) is 0 Å². The number of carbonyl (C=O) groups is 1. The molecule has 1 aromatic rings. The largest absolute Gasteiger partial charge is 0.337 e. The van der Waals surface area contributed by atoms with Crippen LogP contribution in [0, 0.1) is 24.2 Å². The first kappa shape index (κ1) is 13.6. The fraction of sp³-hybridized carbons (Fsp3) is 0.643. The highest BCUT2D eigenvalue weighted by Gasteiger charge is 2.26. The minimum Gasteiger partial charge on any atom is -0.337 e. The van der Waals surface area contributed by atoms with Gasteiger partial charge >= 0.3 is 0 Å². The van der Waals surface area contributed by atoms with Crippen molar-refractivity contribution < 1.29 is 4.79 Å². The Morgan fingerprint density at radius 2 is 2.42 bits per heavy atom. The number of carbonyl (C=O) groups excluding carboxylic acids is 1. The van der Waals surface area contributed by atoms with E-state index in [1.807, 2.05) is 17.8 Å². The van der Waals surface area contributed by atoms with Crippen LogP contribution in [0.5, 0.6) is 0 Å². The van der Waals surface area contributed by atoms with E-state index in [0.717, 1.165) is 38.0 Å². The molecule has 1 atom stereocenters. The maximum absolute atomic E-state index is 12.5. The number of rotatable bonds is 3. The molecule has 1 fully saturated rings. The number of hydrogen-bond acceptors (Lipinski definition) is 3. The van der Waals surface area contributed by atoms with Crippen molar-refractivity contribution in [3.05, 3.63) is 17.5 Å². The lowest BCUT2D eigenvalue weighted by Crippen LogP contribution is -2.39. The molecule has 1 amide bonds. The van der Waals surface area contributed by atoms with Gasteiger partial charge < -0.3 is 4.90 Å².